The number of pyridine rings is 1. The molecule has 1 aromatic rings. The van der Waals surface area contributed by atoms with Crippen molar-refractivity contribution in [1.82, 2.24) is 10.3 Å². The number of hydrogen-bond acceptors (Lipinski definition) is 3. The molecular weight excluding hydrogens is 174 g/mol. The summed E-state index contributed by atoms with van der Waals surface area (Å²) in [7, 11) is 0. The molecule has 1 aliphatic heterocycles. The second-order valence-corrected chi connectivity index (χ2v) is 3.91. The number of nitrogens with one attached hydrogen (secondary N) is 1. The van der Waals surface area contributed by atoms with E-state index in [0.29, 0.717) is 6.04 Å². The van der Waals surface area contributed by atoms with Crippen LogP contribution >= 0.6 is 0 Å². The monoisotopic (exact) mass is 191 g/mol. The van der Waals surface area contributed by atoms with Crippen molar-refractivity contribution in [3.05, 3.63) is 24.0 Å². The lowest BCUT2D eigenvalue weighted by atomic mass is 10.1. The Morgan fingerprint density at radius 2 is 2.43 bits per heavy atom. The summed E-state index contributed by atoms with van der Waals surface area (Å²) in [6, 6.07) is 2.68. The molecule has 14 heavy (non-hydrogen) atoms. The van der Waals surface area contributed by atoms with Gasteiger partial charge in [-0.05, 0) is 25.5 Å². The normalized spacial score (nSPS) is 22.4. The van der Waals surface area contributed by atoms with E-state index in [1.54, 1.807) is 0 Å². The number of rotatable bonds is 1. The van der Waals surface area contributed by atoms with Gasteiger partial charge < -0.3 is 10.2 Å². The lowest BCUT2D eigenvalue weighted by molar-refractivity contribution is 0.500. The summed E-state index contributed by atoms with van der Waals surface area (Å²) in [5.41, 5.74) is 2.59. The van der Waals surface area contributed by atoms with Gasteiger partial charge in [-0.15, -0.1) is 0 Å². The van der Waals surface area contributed by atoms with Crippen LogP contribution in [-0.2, 0) is 0 Å². The molecule has 0 bridgehead atoms. The van der Waals surface area contributed by atoms with Gasteiger partial charge in [0, 0.05) is 43.8 Å². The van der Waals surface area contributed by atoms with Crippen LogP contribution in [-0.4, -0.2) is 30.7 Å². The van der Waals surface area contributed by atoms with Gasteiger partial charge in [0.2, 0.25) is 0 Å². The van der Waals surface area contributed by atoms with Crippen LogP contribution in [0.5, 0.6) is 0 Å². The molecule has 1 unspecified atom stereocenters. The van der Waals surface area contributed by atoms with Crippen molar-refractivity contribution in [1.29, 1.82) is 0 Å². The molecule has 0 amide bonds. The summed E-state index contributed by atoms with van der Waals surface area (Å²) in [6.07, 6.45) is 3.81. The first-order chi connectivity index (χ1) is 6.79. The molecule has 1 saturated heterocycles. The van der Waals surface area contributed by atoms with Crippen molar-refractivity contribution in [3.8, 4) is 0 Å². The lowest BCUT2D eigenvalue weighted by Crippen LogP contribution is -2.50. The summed E-state index contributed by atoms with van der Waals surface area (Å²) in [5.74, 6) is 0. The molecule has 2 heterocycles. The minimum atomic E-state index is 0.574. The van der Waals surface area contributed by atoms with Crippen LogP contribution in [0.15, 0.2) is 18.5 Å². The summed E-state index contributed by atoms with van der Waals surface area (Å²) in [5, 5.41) is 3.40. The average molecular weight is 191 g/mol. The Hall–Kier alpha value is -1.09. The first-order valence-electron chi connectivity index (χ1n) is 5.17. The Balaban J connectivity index is 2.25. The standard InChI is InChI=1S/C11H17N3/c1-9-7-12-4-3-11(9)14-6-5-13-8-10(14)2/h3-4,7,10,13H,5-6,8H2,1-2H3. The van der Waals surface area contributed by atoms with Gasteiger partial charge >= 0.3 is 0 Å². The van der Waals surface area contributed by atoms with Crippen LogP contribution in [0, 0.1) is 6.92 Å². The Labute approximate surface area is 85.1 Å². The van der Waals surface area contributed by atoms with Crippen molar-refractivity contribution >= 4 is 5.69 Å². The van der Waals surface area contributed by atoms with Crippen molar-refractivity contribution in [2.45, 2.75) is 19.9 Å². The van der Waals surface area contributed by atoms with Crippen LogP contribution in [0.2, 0.25) is 0 Å². The molecule has 0 saturated carbocycles. The van der Waals surface area contributed by atoms with E-state index in [9.17, 15) is 0 Å². The van der Waals surface area contributed by atoms with Gasteiger partial charge in [-0.2, -0.15) is 0 Å². The maximum absolute atomic E-state index is 4.12. The number of anilines is 1. The van der Waals surface area contributed by atoms with E-state index in [-0.39, 0.29) is 0 Å². The van der Waals surface area contributed by atoms with Crippen molar-refractivity contribution in [3.63, 3.8) is 0 Å². The smallest absolute Gasteiger partial charge is 0.0430 e. The van der Waals surface area contributed by atoms with Crippen molar-refractivity contribution in [2.24, 2.45) is 0 Å². The maximum Gasteiger partial charge on any atom is 0.0430 e. The molecule has 1 aromatic heterocycles. The summed E-state index contributed by atoms with van der Waals surface area (Å²) in [4.78, 5) is 6.57. The third kappa shape index (κ3) is 1.73. The number of aromatic nitrogens is 1. The zero-order valence-electron chi connectivity index (χ0n) is 8.83. The Kier molecular flexibility index (Phi) is 2.68. The molecular formula is C11H17N3. The number of piperazine rings is 1. The van der Waals surface area contributed by atoms with Gasteiger partial charge in [0.25, 0.3) is 0 Å². The van der Waals surface area contributed by atoms with Gasteiger partial charge in [0.05, 0.1) is 0 Å². The molecule has 1 N–H and O–H groups in total. The van der Waals surface area contributed by atoms with Crippen LogP contribution in [0.3, 0.4) is 0 Å². The number of nitrogens with zero attached hydrogens (tertiary/aromatic N) is 2. The maximum atomic E-state index is 4.12. The first kappa shape index (κ1) is 9.46. The summed E-state index contributed by atoms with van der Waals surface area (Å²) < 4.78 is 0. The van der Waals surface area contributed by atoms with Gasteiger partial charge in [-0.25, -0.2) is 0 Å². The van der Waals surface area contributed by atoms with E-state index < -0.39 is 0 Å². The van der Waals surface area contributed by atoms with E-state index in [0.717, 1.165) is 19.6 Å². The Morgan fingerprint density at radius 3 is 3.14 bits per heavy atom. The first-order valence-corrected chi connectivity index (χ1v) is 5.17. The Morgan fingerprint density at radius 1 is 1.57 bits per heavy atom. The third-order valence-electron chi connectivity index (χ3n) is 2.80. The van der Waals surface area contributed by atoms with E-state index in [4.69, 9.17) is 0 Å². The molecule has 3 nitrogen and oxygen atoms in total. The van der Waals surface area contributed by atoms with Crippen LogP contribution in [0.1, 0.15) is 12.5 Å². The number of aryl methyl sites for hydroxylation is 1. The largest absolute Gasteiger partial charge is 0.366 e. The van der Waals surface area contributed by atoms with Crippen LogP contribution < -0.4 is 10.2 Å². The minimum absolute atomic E-state index is 0.574. The van der Waals surface area contributed by atoms with Gasteiger partial charge in [0.1, 0.15) is 0 Å². The lowest BCUT2D eigenvalue weighted by Gasteiger charge is -2.36. The van der Waals surface area contributed by atoms with Gasteiger partial charge in [-0.1, -0.05) is 0 Å². The highest BCUT2D eigenvalue weighted by Gasteiger charge is 2.18. The van der Waals surface area contributed by atoms with E-state index in [2.05, 4.69) is 35.1 Å². The average Bonchev–Trinajstić information content (AvgIpc) is 2.20. The molecule has 2 rings (SSSR count). The zero-order valence-corrected chi connectivity index (χ0v) is 8.83. The summed E-state index contributed by atoms with van der Waals surface area (Å²) >= 11 is 0. The fourth-order valence-electron chi connectivity index (χ4n) is 1.99. The molecule has 0 spiro atoms. The molecule has 1 atom stereocenters. The van der Waals surface area contributed by atoms with Gasteiger partial charge in [0.15, 0.2) is 0 Å². The molecule has 0 aromatic carbocycles. The highest BCUT2D eigenvalue weighted by molar-refractivity contribution is 5.52. The third-order valence-corrected chi connectivity index (χ3v) is 2.80. The predicted octanol–water partition coefficient (Wildman–Crippen LogP) is 1.19. The second kappa shape index (κ2) is 3.96. The fraction of sp³-hybridized carbons (Fsp3) is 0.545. The summed E-state index contributed by atoms with van der Waals surface area (Å²) in [6.45, 7) is 7.61. The quantitative estimate of drug-likeness (QED) is 0.722. The zero-order chi connectivity index (χ0) is 9.97. The molecule has 76 valence electrons. The van der Waals surface area contributed by atoms with Crippen molar-refractivity contribution in [2.75, 3.05) is 24.5 Å². The van der Waals surface area contributed by atoms with E-state index in [1.165, 1.54) is 11.3 Å². The molecule has 0 aliphatic carbocycles. The highest BCUT2D eigenvalue weighted by atomic mass is 15.2. The minimum Gasteiger partial charge on any atom is -0.366 e. The highest BCUT2D eigenvalue weighted by Crippen LogP contribution is 2.21. The fourth-order valence-corrected chi connectivity index (χ4v) is 1.99. The van der Waals surface area contributed by atoms with Crippen LogP contribution in [0.25, 0.3) is 0 Å². The molecule has 0 radical (unpaired) electrons. The predicted molar refractivity (Wildman–Crippen MR) is 58.7 cm³/mol. The molecule has 1 fully saturated rings. The SMILES string of the molecule is Cc1cnccc1N1CCNCC1C. The Bertz CT molecular complexity index is 311. The van der Waals surface area contributed by atoms with Crippen LogP contribution in [0.4, 0.5) is 5.69 Å². The van der Waals surface area contributed by atoms with Crippen molar-refractivity contribution < 1.29 is 0 Å². The van der Waals surface area contributed by atoms with Gasteiger partial charge in [-0.3, -0.25) is 4.98 Å². The van der Waals surface area contributed by atoms with E-state index >= 15 is 0 Å². The topological polar surface area (TPSA) is 28.2 Å². The van der Waals surface area contributed by atoms with E-state index in [1.807, 2.05) is 12.4 Å². The molecule has 3 heteroatoms. The second-order valence-electron chi connectivity index (χ2n) is 3.91. The molecule has 1 aliphatic rings. The number of hydrogen-bond donors (Lipinski definition) is 1.